The first-order valence-electron chi connectivity index (χ1n) is 9.29. The second-order valence-corrected chi connectivity index (χ2v) is 18.2. The number of benzene rings is 1. The van der Waals surface area contributed by atoms with Gasteiger partial charge in [-0.2, -0.15) is 13.2 Å². The van der Waals surface area contributed by atoms with E-state index in [2.05, 4.69) is 23.9 Å². The highest BCUT2D eigenvalue weighted by Crippen LogP contribution is 2.26. The molecule has 0 aliphatic rings. The molecular weight excluding hydrogens is 417 g/mol. The lowest BCUT2D eigenvalue weighted by Crippen LogP contribution is -2.50. The summed E-state index contributed by atoms with van der Waals surface area (Å²) in [6.45, 7) is 11.7. The first kappa shape index (κ1) is 23.2. The van der Waals surface area contributed by atoms with Crippen LogP contribution in [0.25, 0.3) is 10.9 Å². The highest BCUT2D eigenvalue weighted by atomic mass is 28.4. The monoisotopic (exact) mass is 444 g/mol. The van der Waals surface area contributed by atoms with Gasteiger partial charge in [0.25, 0.3) is 0 Å². The number of fused-ring (bicyclic) bond motifs is 1. The molecule has 2 rings (SSSR count). The smallest absolute Gasteiger partial charge is 0.471 e. The molecule has 0 bridgehead atoms. The maximum Gasteiger partial charge on any atom is 0.471 e. The summed E-state index contributed by atoms with van der Waals surface area (Å²) in [5, 5.41) is 2.68. The summed E-state index contributed by atoms with van der Waals surface area (Å²) < 4.78 is 46.0. The van der Waals surface area contributed by atoms with Gasteiger partial charge in [-0.05, 0) is 37.5 Å². The van der Waals surface area contributed by atoms with Crippen molar-refractivity contribution in [2.75, 3.05) is 0 Å². The molecule has 0 fully saturated rings. The Morgan fingerprint density at radius 3 is 2.21 bits per heavy atom. The largest absolute Gasteiger partial charge is 0.518 e. The Labute approximate surface area is 170 Å². The number of carbonyl (C=O) groups is 2. The second kappa shape index (κ2) is 7.98. The molecule has 10 heteroatoms. The lowest BCUT2D eigenvalue weighted by molar-refractivity contribution is -0.175. The van der Waals surface area contributed by atoms with E-state index >= 15 is 0 Å². The van der Waals surface area contributed by atoms with Crippen LogP contribution in [-0.4, -0.2) is 44.9 Å². The maximum atomic E-state index is 12.8. The number of amides is 1. The highest BCUT2D eigenvalue weighted by molar-refractivity contribution is 6.75. The predicted molar refractivity (Wildman–Crippen MR) is 112 cm³/mol. The third kappa shape index (κ3) is 5.95. The van der Waals surface area contributed by atoms with Crippen molar-refractivity contribution >= 4 is 39.3 Å². The number of hydrogen-bond acceptors (Lipinski definition) is 3. The molecule has 1 aromatic heterocycles. The number of halogens is 3. The third-order valence-electron chi connectivity index (χ3n) is 4.20. The molecule has 0 radical (unpaired) electrons. The van der Waals surface area contributed by atoms with Gasteiger partial charge in [-0.1, -0.05) is 37.8 Å². The Balaban J connectivity index is 2.45. The van der Waals surface area contributed by atoms with Crippen molar-refractivity contribution in [3.05, 3.63) is 36.0 Å². The Morgan fingerprint density at radius 1 is 1.10 bits per heavy atom. The minimum absolute atomic E-state index is 0.0802. The summed E-state index contributed by atoms with van der Waals surface area (Å²) in [6, 6.07) is 6.13. The minimum atomic E-state index is -5.08. The van der Waals surface area contributed by atoms with Crippen LogP contribution < -0.4 is 5.32 Å². The lowest BCUT2D eigenvalue weighted by atomic mass is 10.0. The summed E-state index contributed by atoms with van der Waals surface area (Å²) in [4.78, 5) is 24.1. The average molecular weight is 445 g/mol. The molecule has 29 heavy (non-hydrogen) atoms. The summed E-state index contributed by atoms with van der Waals surface area (Å²) in [5.74, 6) is -2.99. The topological polar surface area (TPSA) is 60.3 Å². The van der Waals surface area contributed by atoms with E-state index in [-0.39, 0.29) is 6.42 Å². The van der Waals surface area contributed by atoms with Gasteiger partial charge in [-0.3, -0.25) is 9.59 Å². The molecule has 1 atom stereocenters. The fourth-order valence-corrected chi connectivity index (χ4v) is 5.20. The molecule has 0 unspecified atom stereocenters. The van der Waals surface area contributed by atoms with E-state index in [1.54, 1.807) is 19.6 Å². The minimum Gasteiger partial charge on any atom is -0.518 e. The summed E-state index contributed by atoms with van der Waals surface area (Å²) >= 11 is 0. The van der Waals surface area contributed by atoms with E-state index in [0.717, 1.165) is 10.9 Å². The van der Waals surface area contributed by atoms with Gasteiger partial charge in [-0.25, -0.2) is 0 Å². The van der Waals surface area contributed by atoms with Gasteiger partial charge < -0.3 is 14.0 Å². The number of nitrogens with zero attached hydrogens (tertiary/aromatic N) is 1. The van der Waals surface area contributed by atoms with Crippen molar-refractivity contribution < 1.29 is 27.2 Å². The fraction of sp³-hybridized carbons (Fsp3) is 0.474. The average Bonchev–Trinajstić information content (AvgIpc) is 2.90. The molecule has 1 aromatic carbocycles. The van der Waals surface area contributed by atoms with Crippen LogP contribution in [0.3, 0.4) is 0 Å². The van der Waals surface area contributed by atoms with E-state index in [9.17, 15) is 22.8 Å². The molecule has 2 aromatic rings. The van der Waals surface area contributed by atoms with E-state index in [4.69, 9.17) is 4.43 Å². The zero-order valence-corrected chi connectivity index (χ0v) is 19.5. The molecule has 5 nitrogen and oxygen atoms in total. The maximum absolute atomic E-state index is 12.8. The number of carbonyl (C=O) groups excluding carboxylic acids is 2. The van der Waals surface area contributed by atoms with Crippen molar-refractivity contribution in [3.63, 3.8) is 0 Å². The van der Waals surface area contributed by atoms with Crippen LogP contribution in [0.1, 0.15) is 5.56 Å². The highest BCUT2D eigenvalue weighted by Gasteiger charge is 2.41. The van der Waals surface area contributed by atoms with Crippen LogP contribution in [0.15, 0.2) is 30.5 Å². The number of para-hydroxylation sites is 1. The van der Waals surface area contributed by atoms with Crippen LogP contribution in [0.4, 0.5) is 13.2 Å². The van der Waals surface area contributed by atoms with E-state index in [1.807, 2.05) is 35.8 Å². The number of nitrogens with one attached hydrogen (secondary N) is 1. The number of hydrogen-bond donors (Lipinski definition) is 1. The summed E-state index contributed by atoms with van der Waals surface area (Å²) in [7, 11) is -4.17. The van der Waals surface area contributed by atoms with Gasteiger partial charge in [0.1, 0.15) is 6.04 Å². The standard InChI is InChI=1S/C19H27F3N2O3Si2/c1-28(2,3)24-12-13(14-9-7-8-10-16(14)24)11-15(17(25)27-29(4,5)6)23-18(26)19(20,21)22/h7-10,12,15H,11H2,1-6H3,(H,23,26)/t15-/m0/s1. The third-order valence-corrected chi connectivity index (χ3v) is 6.82. The van der Waals surface area contributed by atoms with Gasteiger partial charge in [0, 0.05) is 17.3 Å². The molecule has 0 saturated heterocycles. The molecule has 0 saturated carbocycles. The normalized spacial score (nSPS) is 14.0. The van der Waals surface area contributed by atoms with Crippen LogP contribution >= 0.6 is 0 Å². The molecular formula is C19H27F3N2O3Si2. The Hall–Kier alpha value is -2.08. The van der Waals surface area contributed by atoms with Gasteiger partial charge in [0.05, 0.1) is 0 Å². The van der Waals surface area contributed by atoms with Crippen LogP contribution in [-0.2, 0) is 20.4 Å². The van der Waals surface area contributed by atoms with Crippen molar-refractivity contribution in [3.8, 4) is 0 Å². The van der Waals surface area contributed by atoms with Crippen molar-refractivity contribution in [2.24, 2.45) is 0 Å². The Kier molecular flexibility index (Phi) is 6.38. The lowest BCUT2D eigenvalue weighted by Gasteiger charge is -2.24. The number of rotatable bonds is 6. The zero-order valence-electron chi connectivity index (χ0n) is 17.5. The van der Waals surface area contributed by atoms with Crippen molar-refractivity contribution in [1.29, 1.82) is 0 Å². The summed E-state index contributed by atoms with van der Waals surface area (Å²) in [5.41, 5.74) is 1.66. The van der Waals surface area contributed by atoms with Crippen LogP contribution in [0.2, 0.25) is 39.3 Å². The Bertz CT molecular complexity index is 912. The van der Waals surface area contributed by atoms with E-state index < -0.39 is 40.6 Å². The van der Waals surface area contributed by atoms with E-state index in [0.29, 0.717) is 5.56 Å². The van der Waals surface area contributed by atoms with Crippen LogP contribution in [0, 0.1) is 0 Å². The predicted octanol–water partition coefficient (Wildman–Crippen LogP) is 4.29. The SMILES string of the molecule is C[Si](C)(C)OC(=O)[C@H](Cc1cn([Si](C)(C)C)c2ccccc12)NC(=O)C(F)(F)F. The second-order valence-electron chi connectivity index (χ2n) is 8.97. The Morgan fingerprint density at radius 2 is 1.69 bits per heavy atom. The van der Waals surface area contributed by atoms with Gasteiger partial charge in [-0.15, -0.1) is 0 Å². The van der Waals surface area contributed by atoms with Crippen LogP contribution in [0.5, 0.6) is 0 Å². The fourth-order valence-electron chi connectivity index (χ4n) is 2.99. The van der Waals surface area contributed by atoms with Gasteiger partial charge in [0.15, 0.2) is 8.24 Å². The molecule has 1 heterocycles. The van der Waals surface area contributed by atoms with Gasteiger partial charge in [0.2, 0.25) is 8.32 Å². The zero-order chi connectivity index (χ0) is 22.2. The first-order valence-corrected chi connectivity index (χ1v) is 16.1. The molecule has 1 N–H and O–H groups in total. The molecule has 0 aliphatic heterocycles. The first-order chi connectivity index (χ1) is 13.1. The van der Waals surface area contributed by atoms with Gasteiger partial charge >= 0.3 is 18.1 Å². The number of alkyl halides is 3. The van der Waals surface area contributed by atoms with Crippen molar-refractivity contribution in [2.45, 2.75) is 57.9 Å². The molecule has 160 valence electrons. The molecule has 1 amide bonds. The number of aromatic nitrogens is 1. The molecule has 0 spiro atoms. The van der Waals surface area contributed by atoms with E-state index in [1.165, 1.54) is 0 Å². The van der Waals surface area contributed by atoms with Crippen molar-refractivity contribution in [1.82, 2.24) is 9.55 Å². The summed E-state index contributed by atoms with van der Waals surface area (Å²) in [6.07, 6.45) is -3.28. The quantitative estimate of drug-likeness (QED) is 0.676. The molecule has 0 aliphatic carbocycles.